The zero-order chi connectivity index (χ0) is 12.1. The number of hydrogen-bond acceptors (Lipinski definition) is 3. The molecule has 1 aromatic carbocycles. The Morgan fingerprint density at radius 2 is 2.19 bits per heavy atom. The summed E-state index contributed by atoms with van der Waals surface area (Å²) in [5, 5.41) is 2.50. The predicted molar refractivity (Wildman–Crippen MR) is 65.6 cm³/mol. The second-order valence-electron chi connectivity index (χ2n) is 3.50. The number of carbonyl (C=O) groups excluding carboxylic acids is 1. The predicted octanol–water partition coefficient (Wildman–Crippen LogP) is 0.821. The molecule has 1 aromatic rings. The molecule has 0 aliphatic rings. The van der Waals surface area contributed by atoms with Crippen LogP contribution in [0.2, 0.25) is 0 Å². The van der Waals surface area contributed by atoms with E-state index in [9.17, 15) is 9.00 Å². The Labute approximate surface area is 97.7 Å². The molecular formula is C11H16N2O2S. The van der Waals surface area contributed by atoms with Crippen LogP contribution in [-0.4, -0.2) is 22.9 Å². The molecule has 5 heteroatoms. The highest BCUT2D eigenvalue weighted by Gasteiger charge is 2.09. The van der Waals surface area contributed by atoms with Gasteiger partial charge in [-0.05, 0) is 24.6 Å². The lowest BCUT2D eigenvalue weighted by molar-refractivity contribution is -0.120. The quantitative estimate of drug-likeness (QED) is 0.765. The van der Waals surface area contributed by atoms with Gasteiger partial charge in [0.05, 0.1) is 10.8 Å². The first-order chi connectivity index (χ1) is 7.54. The summed E-state index contributed by atoms with van der Waals surface area (Å²) in [5.41, 5.74) is 7.16. The summed E-state index contributed by atoms with van der Waals surface area (Å²) in [4.78, 5) is 11.7. The van der Waals surface area contributed by atoms with Crippen molar-refractivity contribution in [1.29, 1.82) is 0 Å². The molecule has 0 aromatic heterocycles. The van der Waals surface area contributed by atoms with Gasteiger partial charge in [-0.25, -0.2) is 0 Å². The first kappa shape index (κ1) is 12.7. The van der Waals surface area contributed by atoms with Gasteiger partial charge in [0.1, 0.15) is 0 Å². The third-order valence-corrected chi connectivity index (χ3v) is 3.76. The van der Waals surface area contributed by atoms with Gasteiger partial charge in [-0.1, -0.05) is 6.07 Å². The van der Waals surface area contributed by atoms with E-state index in [1.165, 1.54) is 0 Å². The Bertz CT molecular complexity index is 418. The number of nitrogens with two attached hydrogens (primary N) is 1. The molecule has 16 heavy (non-hydrogen) atoms. The highest BCUT2D eigenvalue weighted by molar-refractivity contribution is 7.85. The van der Waals surface area contributed by atoms with Crippen molar-refractivity contribution in [3.8, 4) is 0 Å². The van der Waals surface area contributed by atoms with Crippen LogP contribution in [0.3, 0.4) is 0 Å². The number of anilines is 1. The number of nitrogen functional groups attached to an aromatic ring is 1. The van der Waals surface area contributed by atoms with Crippen LogP contribution in [-0.2, 0) is 15.6 Å². The van der Waals surface area contributed by atoms with Crippen LogP contribution in [0.15, 0.2) is 23.1 Å². The van der Waals surface area contributed by atoms with Crippen molar-refractivity contribution in [2.24, 2.45) is 0 Å². The molecule has 88 valence electrons. The van der Waals surface area contributed by atoms with Gasteiger partial charge >= 0.3 is 0 Å². The highest BCUT2D eigenvalue weighted by Crippen LogP contribution is 2.17. The Kier molecular flexibility index (Phi) is 4.49. The maximum Gasteiger partial charge on any atom is 0.220 e. The van der Waals surface area contributed by atoms with Gasteiger partial charge in [0.25, 0.3) is 0 Å². The number of nitrogens with one attached hydrogen (secondary N) is 1. The summed E-state index contributed by atoms with van der Waals surface area (Å²) in [6, 6.07) is 5.31. The Balaban J connectivity index is 2.73. The molecule has 0 aliphatic heterocycles. The maximum absolute atomic E-state index is 11.9. The molecule has 0 radical (unpaired) electrons. The van der Waals surface area contributed by atoms with E-state index in [-0.39, 0.29) is 12.3 Å². The minimum atomic E-state index is -1.17. The van der Waals surface area contributed by atoms with Gasteiger partial charge in [0.2, 0.25) is 5.91 Å². The number of benzene rings is 1. The molecule has 4 nitrogen and oxygen atoms in total. The molecule has 0 bridgehead atoms. The normalized spacial score (nSPS) is 12.1. The molecule has 1 amide bonds. The summed E-state index contributed by atoms with van der Waals surface area (Å²) in [5.74, 6) is 0.221. The molecule has 1 rings (SSSR count). The smallest absolute Gasteiger partial charge is 0.220 e. The largest absolute Gasteiger partial charge is 0.399 e. The van der Waals surface area contributed by atoms with Gasteiger partial charge in [-0.3, -0.25) is 9.00 Å². The fourth-order valence-corrected chi connectivity index (χ4v) is 2.57. The standard InChI is InChI=1S/C11H16N2O2S/c1-8-3-4-9(12)7-10(8)16(15)6-5-11(14)13-2/h3-4,7H,5-6,12H2,1-2H3,(H,13,14). The molecule has 0 heterocycles. The van der Waals surface area contributed by atoms with E-state index < -0.39 is 10.8 Å². The van der Waals surface area contributed by atoms with Crippen molar-refractivity contribution in [3.05, 3.63) is 23.8 Å². The number of carbonyl (C=O) groups is 1. The lowest BCUT2D eigenvalue weighted by Gasteiger charge is -2.06. The van der Waals surface area contributed by atoms with Crippen LogP contribution >= 0.6 is 0 Å². The highest BCUT2D eigenvalue weighted by atomic mass is 32.2. The number of aryl methyl sites for hydroxylation is 1. The molecule has 1 unspecified atom stereocenters. The van der Waals surface area contributed by atoms with Gasteiger partial charge < -0.3 is 11.1 Å². The van der Waals surface area contributed by atoms with Crippen LogP contribution < -0.4 is 11.1 Å². The van der Waals surface area contributed by atoms with Crippen LogP contribution in [0.1, 0.15) is 12.0 Å². The van der Waals surface area contributed by atoms with Crippen molar-refractivity contribution < 1.29 is 9.00 Å². The van der Waals surface area contributed by atoms with Crippen molar-refractivity contribution in [2.45, 2.75) is 18.2 Å². The summed E-state index contributed by atoms with van der Waals surface area (Å²) in [6.45, 7) is 1.88. The lowest BCUT2D eigenvalue weighted by Crippen LogP contribution is -2.20. The lowest BCUT2D eigenvalue weighted by atomic mass is 10.2. The molecular weight excluding hydrogens is 224 g/mol. The average Bonchev–Trinajstić information content (AvgIpc) is 2.28. The summed E-state index contributed by atoms with van der Waals surface area (Å²) in [7, 11) is 0.398. The van der Waals surface area contributed by atoms with Crippen molar-refractivity contribution in [3.63, 3.8) is 0 Å². The SMILES string of the molecule is CNC(=O)CCS(=O)c1cc(N)ccc1C. The summed E-state index contributed by atoms with van der Waals surface area (Å²) < 4.78 is 11.9. The van der Waals surface area contributed by atoms with E-state index in [2.05, 4.69) is 5.32 Å². The molecule has 0 saturated carbocycles. The topological polar surface area (TPSA) is 72.2 Å². The van der Waals surface area contributed by atoms with E-state index in [1.807, 2.05) is 13.0 Å². The molecule has 0 aliphatic carbocycles. The monoisotopic (exact) mass is 240 g/mol. The van der Waals surface area contributed by atoms with Crippen LogP contribution in [0, 0.1) is 6.92 Å². The molecule has 3 N–H and O–H groups in total. The molecule has 0 saturated heterocycles. The first-order valence-corrected chi connectivity index (χ1v) is 6.31. The second-order valence-corrected chi connectivity index (χ2v) is 5.04. The van der Waals surface area contributed by atoms with Crippen molar-refractivity contribution in [1.82, 2.24) is 5.32 Å². The number of amides is 1. The minimum Gasteiger partial charge on any atom is -0.399 e. The Hall–Kier alpha value is -1.36. The minimum absolute atomic E-state index is 0.102. The van der Waals surface area contributed by atoms with Crippen molar-refractivity contribution >= 4 is 22.4 Å². The second kappa shape index (κ2) is 5.65. The van der Waals surface area contributed by atoms with E-state index in [0.717, 1.165) is 5.56 Å². The third-order valence-electron chi connectivity index (χ3n) is 2.25. The molecule has 1 atom stereocenters. The van der Waals surface area contributed by atoms with Crippen LogP contribution in [0.4, 0.5) is 5.69 Å². The first-order valence-electron chi connectivity index (χ1n) is 4.99. The van der Waals surface area contributed by atoms with Gasteiger partial charge in [0, 0.05) is 29.8 Å². The number of hydrogen-bond donors (Lipinski definition) is 2. The fraction of sp³-hybridized carbons (Fsp3) is 0.364. The van der Waals surface area contributed by atoms with Gasteiger partial charge in [0.15, 0.2) is 0 Å². The fourth-order valence-electron chi connectivity index (χ4n) is 1.28. The van der Waals surface area contributed by atoms with Crippen LogP contribution in [0.25, 0.3) is 0 Å². The molecule has 0 spiro atoms. The Morgan fingerprint density at radius 1 is 1.50 bits per heavy atom. The zero-order valence-corrected chi connectivity index (χ0v) is 10.3. The summed E-state index contributed by atoms with van der Waals surface area (Å²) >= 11 is 0. The van der Waals surface area contributed by atoms with Crippen molar-refractivity contribution in [2.75, 3.05) is 18.5 Å². The third kappa shape index (κ3) is 3.34. The van der Waals surface area contributed by atoms with E-state index >= 15 is 0 Å². The Morgan fingerprint density at radius 3 is 2.81 bits per heavy atom. The van der Waals surface area contributed by atoms with E-state index in [4.69, 9.17) is 5.73 Å². The van der Waals surface area contributed by atoms with E-state index in [0.29, 0.717) is 16.3 Å². The average molecular weight is 240 g/mol. The zero-order valence-electron chi connectivity index (χ0n) is 9.45. The van der Waals surface area contributed by atoms with Gasteiger partial charge in [-0.15, -0.1) is 0 Å². The number of rotatable bonds is 4. The summed E-state index contributed by atoms with van der Waals surface area (Å²) in [6.07, 6.45) is 0.261. The maximum atomic E-state index is 11.9. The van der Waals surface area contributed by atoms with Gasteiger partial charge in [-0.2, -0.15) is 0 Å². The van der Waals surface area contributed by atoms with Crippen LogP contribution in [0.5, 0.6) is 0 Å². The van der Waals surface area contributed by atoms with E-state index in [1.54, 1.807) is 19.2 Å². The molecule has 0 fully saturated rings.